The Morgan fingerprint density at radius 1 is 1.42 bits per heavy atom. The number of aryl methyl sites for hydroxylation is 1. The van der Waals surface area contributed by atoms with E-state index < -0.39 is 0 Å². The molecule has 1 aromatic rings. The summed E-state index contributed by atoms with van der Waals surface area (Å²) in [4.78, 5) is 4.03. The van der Waals surface area contributed by atoms with E-state index in [1.807, 2.05) is 19.2 Å². The Hall–Kier alpha value is -0.890. The first-order valence-corrected chi connectivity index (χ1v) is 4.29. The van der Waals surface area contributed by atoms with Gasteiger partial charge in [-0.2, -0.15) is 0 Å². The maximum atomic E-state index is 6.01. The van der Waals surface area contributed by atoms with Gasteiger partial charge >= 0.3 is 0 Å². The standard InChI is InChI=1S/C10H16N2/c1-7(2)10(11)9-4-5-12-6-8(9)3/h4-7,10H,11H2,1-3H3. The Bertz CT molecular complexity index is 256. The monoisotopic (exact) mass is 164 g/mol. The van der Waals surface area contributed by atoms with Crippen LogP contribution in [0.4, 0.5) is 0 Å². The number of aromatic nitrogens is 1. The average molecular weight is 164 g/mol. The summed E-state index contributed by atoms with van der Waals surface area (Å²) in [5.74, 6) is 0.478. The van der Waals surface area contributed by atoms with Gasteiger partial charge in [-0.1, -0.05) is 13.8 Å². The number of hydrogen-bond acceptors (Lipinski definition) is 2. The lowest BCUT2D eigenvalue weighted by molar-refractivity contribution is 0.511. The molecular formula is C10H16N2. The zero-order valence-corrected chi connectivity index (χ0v) is 7.91. The maximum absolute atomic E-state index is 6.01. The molecule has 0 aromatic carbocycles. The summed E-state index contributed by atoms with van der Waals surface area (Å²) < 4.78 is 0. The molecule has 0 bridgehead atoms. The van der Waals surface area contributed by atoms with Crippen LogP contribution in [0.1, 0.15) is 31.0 Å². The largest absolute Gasteiger partial charge is 0.324 e. The van der Waals surface area contributed by atoms with E-state index in [4.69, 9.17) is 5.73 Å². The highest BCUT2D eigenvalue weighted by Gasteiger charge is 2.11. The molecule has 0 aliphatic heterocycles. The second-order valence-corrected chi connectivity index (χ2v) is 3.50. The fourth-order valence-electron chi connectivity index (χ4n) is 1.22. The summed E-state index contributed by atoms with van der Waals surface area (Å²) in [5, 5.41) is 0. The highest BCUT2D eigenvalue weighted by Crippen LogP contribution is 2.20. The second-order valence-electron chi connectivity index (χ2n) is 3.50. The molecule has 2 N–H and O–H groups in total. The molecule has 66 valence electrons. The molecule has 2 heteroatoms. The Kier molecular flexibility index (Phi) is 2.82. The molecule has 1 unspecified atom stereocenters. The van der Waals surface area contributed by atoms with Gasteiger partial charge in [-0.3, -0.25) is 4.98 Å². The molecule has 0 radical (unpaired) electrons. The zero-order valence-electron chi connectivity index (χ0n) is 7.91. The number of rotatable bonds is 2. The van der Waals surface area contributed by atoms with Crippen molar-refractivity contribution in [1.29, 1.82) is 0 Å². The minimum atomic E-state index is 0.132. The van der Waals surface area contributed by atoms with Crippen LogP contribution in [0.5, 0.6) is 0 Å². The molecule has 0 aliphatic rings. The van der Waals surface area contributed by atoms with Gasteiger partial charge in [0.05, 0.1) is 0 Å². The summed E-state index contributed by atoms with van der Waals surface area (Å²) in [7, 11) is 0. The van der Waals surface area contributed by atoms with Crippen molar-refractivity contribution in [3.8, 4) is 0 Å². The Morgan fingerprint density at radius 2 is 2.08 bits per heavy atom. The smallest absolute Gasteiger partial charge is 0.0321 e. The van der Waals surface area contributed by atoms with Gasteiger partial charge in [-0.15, -0.1) is 0 Å². The van der Waals surface area contributed by atoms with Crippen LogP contribution in [0.15, 0.2) is 18.5 Å². The van der Waals surface area contributed by atoms with E-state index in [0.717, 1.165) is 0 Å². The summed E-state index contributed by atoms with van der Waals surface area (Å²) in [5.41, 5.74) is 8.40. The van der Waals surface area contributed by atoms with Gasteiger partial charge < -0.3 is 5.73 Å². The maximum Gasteiger partial charge on any atom is 0.0321 e. The number of nitrogens with two attached hydrogens (primary N) is 1. The van der Waals surface area contributed by atoms with Crippen molar-refractivity contribution >= 4 is 0 Å². The van der Waals surface area contributed by atoms with Crippen LogP contribution in [0.2, 0.25) is 0 Å². The summed E-state index contributed by atoms with van der Waals surface area (Å²) >= 11 is 0. The van der Waals surface area contributed by atoms with Gasteiger partial charge in [-0.05, 0) is 30.0 Å². The van der Waals surface area contributed by atoms with Crippen molar-refractivity contribution in [2.45, 2.75) is 26.8 Å². The van der Waals surface area contributed by atoms with Crippen molar-refractivity contribution in [3.63, 3.8) is 0 Å². The molecule has 0 spiro atoms. The van der Waals surface area contributed by atoms with Gasteiger partial charge in [0.15, 0.2) is 0 Å². The molecule has 0 aliphatic carbocycles. The lowest BCUT2D eigenvalue weighted by atomic mass is 9.95. The van der Waals surface area contributed by atoms with Gasteiger partial charge in [0.1, 0.15) is 0 Å². The zero-order chi connectivity index (χ0) is 9.14. The summed E-state index contributed by atoms with van der Waals surface area (Å²) in [6.45, 7) is 6.31. The van der Waals surface area contributed by atoms with Crippen LogP contribution in [-0.2, 0) is 0 Å². The van der Waals surface area contributed by atoms with Crippen molar-refractivity contribution in [2.75, 3.05) is 0 Å². The third-order valence-corrected chi connectivity index (χ3v) is 2.14. The molecule has 1 atom stereocenters. The van der Waals surface area contributed by atoms with E-state index >= 15 is 0 Å². The second kappa shape index (κ2) is 3.68. The van der Waals surface area contributed by atoms with Crippen LogP contribution in [0.25, 0.3) is 0 Å². The molecule has 2 nitrogen and oxygen atoms in total. The third-order valence-electron chi connectivity index (χ3n) is 2.14. The first-order valence-electron chi connectivity index (χ1n) is 4.29. The van der Waals surface area contributed by atoms with Gasteiger partial charge in [-0.25, -0.2) is 0 Å². The van der Waals surface area contributed by atoms with Crippen LogP contribution in [0, 0.1) is 12.8 Å². The molecule has 1 aromatic heterocycles. The van der Waals surface area contributed by atoms with Crippen LogP contribution in [0.3, 0.4) is 0 Å². The highest BCUT2D eigenvalue weighted by molar-refractivity contribution is 5.25. The van der Waals surface area contributed by atoms with Crippen molar-refractivity contribution < 1.29 is 0 Å². The average Bonchev–Trinajstić information content (AvgIpc) is 2.04. The SMILES string of the molecule is Cc1cnccc1C(N)C(C)C. The topological polar surface area (TPSA) is 38.9 Å². The van der Waals surface area contributed by atoms with Crippen LogP contribution >= 0.6 is 0 Å². The predicted octanol–water partition coefficient (Wildman–Crippen LogP) is 2.05. The molecule has 0 fully saturated rings. The minimum absolute atomic E-state index is 0.132. The lowest BCUT2D eigenvalue weighted by Gasteiger charge is -2.17. The third kappa shape index (κ3) is 1.83. The van der Waals surface area contributed by atoms with Gasteiger partial charge in [0, 0.05) is 18.4 Å². The quantitative estimate of drug-likeness (QED) is 0.726. The van der Waals surface area contributed by atoms with Crippen molar-refractivity contribution in [2.24, 2.45) is 11.7 Å². The Balaban J connectivity index is 2.94. The normalized spacial score (nSPS) is 13.4. The van der Waals surface area contributed by atoms with E-state index in [1.54, 1.807) is 6.20 Å². The van der Waals surface area contributed by atoms with E-state index in [0.29, 0.717) is 5.92 Å². The predicted molar refractivity (Wildman–Crippen MR) is 50.7 cm³/mol. The first-order chi connectivity index (χ1) is 5.63. The minimum Gasteiger partial charge on any atom is -0.324 e. The molecule has 1 heterocycles. The summed E-state index contributed by atoms with van der Waals surface area (Å²) in [6, 6.07) is 2.13. The van der Waals surface area contributed by atoms with E-state index in [9.17, 15) is 0 Å². The Morgan fingerprint density at radius 3 is 2.58 bits per heavy atom. The van der Waals surface area contributed by atoms with Crippen LogP contribution < -0.4 is 5.73 Å². The highest BCUT2D eigenvalue weighted by atomic mass is 14.7. The van der Waals surface area contributed by atoms with Crippen molar-refractivity contribution in [1.82, 2.24) is 4.98 Å². The first kappa shape index (κ1) is 9.20. The molecule has 0 amide bonds. The molecule has 0 saturated heterocycles. The van der Waals surface area contributed by atoms with Crippen LogP contribution in [-0.4, -0.2) is 4.98 Å². The van der Waals surface area contributed by atoms with E-state index in [2.05, 4.69) is 18.8 Å². The number of hydrogen-bond donors (Lipinski definition) is 1. The van der Waals surface area contributed by atoms with Crippen molar-refractivity contribution in [3.05, 3.63) is 29.6 Å². The van der Waals surface area contributed by atoms with Gasteiger partial charge in [0.2, 0.25) is 0 Å². The number of nitrogens with zero attached hydrogens (tertiary/aromatic N) is 1. The summed E-state index contributed by atoms with van der Waals surface area (Å²) in [6.07, 6.45) is 3.65. The fraction of sp³-hybridized carbons (Fsp3) is 0.500. The lowest BCUT2D eigenvalue weighted by Crippen LogP contribution is -2.17. The Labute approximate surface area is 73.8 Å². The molecule has 12 heavy (non-hydrogen) atoms. The molecule has 1 rings (SSSR count). The number of pyridine rings is 1. The van der Waals surface area contributed by atoms with E-state index in [1.165, 1.54) is 11.1 Å². The molecule has 0 saturated carbocycles. The fourth-order valence-corrected chi connectivity index (χ4v) is 1.22. The van der Waals surface area contributed by atoms with E-state index in [-0.39, 0.29) is 6.04 Å². The molecular weight excluding hydrogens is 148 g/mol. The van der Waals surface area contributed by atoms with Gasteiger partial charge in [0.25, 0.3) is 0 Å².